The maximum absolute atomic E-state index is 5.94. The highest BCUT2D eigenvalue weighted by Crippen LogP contribution is 2.20. The fourth-order valence-electron chi connectivity index (χ4n) is 2.00. The van der Waals surface area contributed by atoms with Crippen LogP contribution in [0, 0.1) is 0 Å². The standard InChI is InChI=1S/C13H22O2Si/c1-4-11-16(14-3,15-5-2)12-13-9-7-6-8-10-13/h6-10H,4-5,11-12H2,1-3H3. The molecule has 0 spiro atoms. The summed E-state index contributed by atoms with van der Waals surface area (Å²) in [7, 11) is -0.218. The van der Waals surface area contributed by atoms with Crippen molar-refractivity contribution in [2.45, 2.75) is 32.4 Å². The van der Waals surface area contributed by atoms with Crippen molar-refractivity contribution in [2.75, 3.05) is 13.7 Å². The minimum absolute atomic E-state index is 0.743. The molecule has 1 rings (SSSR count). The highest BCUT2D eigenvalue weighted by molar-refractivity contribution is 6.66. The average molecular weight is 238 g/mol. The molecule has 1 aromatic rings. The molecule has 2 nitrogen and oxygen atoms in total. The van der Waals surface area contributed by atoms with Crippen LogP contribution in [0.15, 0.2) is 30.3 Å². The van der Waals surface area contributed by atoms with E-state index in [4.69, 9.17) is 8.85 Å². The molecule has 3 heteroatoms. The predicted octanol–water partition coefficient (Wildman–Crippen LogP) is 3.30. The van der Waals surface area contributed by atoms with Crippen molar-refractivity contribution < 1.29 is 8.85 Å². The molecule has 0 heterocycles. The van der Waals surface area contributed by atoms with Crippen LogP contribution >= 0.6 is 0 Å². The van der Waals surface area contributed by atoms with Gasteiger partial charge in [-0.1, -0.05) is 43.7 Å². The van der Waals surface area contributed by atoms with Crippen LogP contribution in [0.3, 0.4) is 0 Å². The SMILES string of the molecule is CCC[Si](Cc1ccccc1)(OC)OCC. The van der Waals surface area contributed by atoms with Gasteiger partial charge in [0.2, 0.25) is 0 Å². The Balaban J connectivity index is 2.76. The molecule has 0 saturated carbocycles. The normalized spacial score (nSPS) is 14.7. The Morgan fingerprint density at radius 1 is 1.12 bits per heavy atom. The Hall–Kier alpha value is -0.643. The Morgan fingerprint density at radius 2 is 1.81 bits per heavy atom. The Labute approximate surface area is 99.8 Å². The van der Waals surface area contributed by atoms with Crippen LogP contribution in [0.4, 0.5) is 0 Å². The van der Waals surface area contributed by atoms with Gasteiger partial charge in [-0.25, -0.2) is 0 Å². The number of benzene rings is 1. The van der Waals surface area contributed by atoms with Gasteiger partial charge in [0, 0.05) is 19.8 Å². The van der Waals surface area contributed by atoms with E-state index < -0.39 is 8.56 Å². The van der Waals surface area contributed by atoms with Gasteiger partial charge in [0.1, 0.15) is 0 Å². The lowest BCUT2D eigenvalue weighted by Crippen LogP contribution is -2.44. The van der Waals surface area contributed by atoms with Crippen LogP contribution in [0.5, 0.6) is 0 Å². The van der Waals surface area contributed by atoms with E-state index in [0.717, 1.165) is 25.1 Å². The van der Waals surface area contributed by atoms with Crippen LogP contribution in [0.25, 0.3) is 0 Å². The molecule has 0 amide bonds. The largest absolute Gasteiger partial charge is 0.397 e. The summed E-state index contributed by atoms with van der Waals surface area (Å²) in [5.74, 6) is 0. The Kier molecular flexibility index (Phi) is 5.73. The first-order chi connectivity index (χ1) is 7.76. The number of hydrogen-bond acceptors (Lipinski definition) is 2. The summed E-state index contributed by atoms with van der Waals surface area (Å²) in [6, 6.07) is 12.5. The van der Waals surface area contributed by atoms with E-state index in [1.54, 1.807) is 7.11 Å². The van der Waals surface area contributed by atoms with Gasteiger partial charge < -0.3 is 8.85 Å². The van der Waals surface area contributed by atoms with Crippen molar-refractivity contribution >= 4 is 8.56 Å². The maximum Gasteiger partial charge on any atom is 0.342 e. The van der Waals surface area contributed by atoms with E-state index in [-0.39, 0.29) is 0 Å². The first-order valence-electron chi connectivity index (χ1n) is 5.99. The molecule has 0 radical (unpaired) electrons. The molecule has 1 aromatic carbocycles. The van der Waals surface area contributed by atoms with Gasteiger partial charge in [0.15, 0.2) is 0 Å². The third-order valence-electron chi connectivity index (χ3n) is 2.73. The third kappa shape index (κ3) is 3.74. The van der Waals surface area contributed by atoms with Crippen LogP contribution in [-0.2, 0) is 14.9 Å². The number of hydrogen-bond donors (Lipinski definition) is 0. The van der Waals surface area contributed by atoms with E-state index in [1.807, 2.05) is 13.0 Å². The molecule has 1 atom stereocenters. The highest BCUT2D eigenvalue weighted by Gasteiger charge is 2.35. The predicted molar refractivity (Wildman–Crippen MR) is 69.6 cm³/mol. The summed E-state index contributed by atoms with van der Waals surface area (Å²) >= 11 is 0. The first kappa shape index (κ1) is 13.4. The van der Waals surface area contributed by atoms with Crippen LogP contribution < -0.4 is 0 Å². The van der Waals surface area contributed by atoms with Crippen LogP contribution in [0.1, 0.15) is 25.8 Å². The second-order valence-corrected chi connectivity index (χ2v) is 7.33. The zero-order chi connectivity index (χ0) is 11.9. The summed E-state index contributed by atoms with van der Waals surface area (Å²) in [5, 5.41) is 0. The second kappa shape index (κ2) is 6.84. The minimum Gasteiger partial charge on any atom is -0.397 e. The molecule has 0 aliphatic heterocycles. The Morgan fingerprint density at radius 3 is 2.31 bits per heavy atom. The molecule has 0 aliphatic rings. The van der Waals surface area contributed by atoms with Crippen molar-refractivity contribution in [1.82, 2.24) is 0 Å². The van der Waals surface area contributed by atoms with Gasteiger partial charge in [-0.3, -0.25) is 0 Å². The third-order valence-corrected chi connectivity index (χ3v) is 6.49. The molecule has 90 valence electrons. The van der Waals surface area contributed by atoms with Gasteiger partial charge in [-0.15, -0.1) is 0 Å². The van der Waals surface area contributed by atoms with Crippen molar-refractivity contribution in [1.29, 1.82) is 0 Å². The molecular weight excluding hydrogens is 216 g/mol. The van der Waals surface area contributed by atoms with Crippen molar-refractivity contribution in [2.24, 2.45) is 0 Å². The van der Waals surface area contributed by atoms with E-state index in [9.17, 15) is 0 Å². The number of rotatable bonds is 7. The topological polar surface area (TPSA) is 18.5 Å². The van der Waals surface area contributed by atoms with Crippen molar-refractivity contribution in [3.8, 4) is 0 Å². The van der Waals surface area contributed by atoms with Crippen molar-refractivity contribution in [3.63, 3.8) is 0 Å². The summed E-state index contributed by atoms with van der Waals surface area (Å²) in [4.78, 5) is 0. The molecular formula is C13H22O2Si. The maximum atomic E-state index is 5.94. The summed E-state index contributed by atoms with van der Waals surface area (Å²) in [6.07, 6.45) is 1.12. The first-order valence-corrected chi connectivity index (χ1v) is 8.22. The lowest BCUT2D eigenvalue weighted by atomic mass is 10.2. The van der Waals surface area contributed by atoms with Gasteiger partial charge in [0.05, 0.1) is 0 Å². The zero-order valence-electron chi connectivity index (χ0n) is 10.5. The van der Waals surface area contributed by atoms with Gasteiger partial charge >= 0.3 is 8.56 Å². The van der Waals surface area contributed by atoms with E-state index in [0.29, 0.717) is 0 Å². The van der Waals surface area contributed by atoms with E-state index in [1.165, 1.54) is 5.56 Å². The lowest BCUT2D eigenvalue weighted by Gasteiger charge is -2.28. The summed E-state index contributed by atoms with van der Waals surface area (Å²) in [6.45, 7) is 4.97. The molecule has 0 N–H and O–H groups in total. The second-order valence-electron chi connectivity index (χ2n) is 3.96. The van der Waals surface area contributed by atoms with Crippen molar-refractivity contribution in [3.05, 3.63) is 35.9 Å². The van der Waals surface area contributed by atoms with Gasteiger partial charge in [0.25, 0.3) is 0 Å². The fraction of sp³-hybridized carbons (Fsp3) is 0.538. The molecule has 0 saturated heterocycles. The molecule has 0 bridgehead atoms. The summed E-state index contributed by atoms with van der Waals surface area (Å²) < 4.78 is 11.7. The van der Waals surface area contributed by atoms with Crippen LogP contribution in [0.2, 0.25) is 6.04 Å². The highest BCUT2D eigenvalue weighted by atomic mass is 28.4. The van der Waals surface area contributed by atoms with E-state index >= 15 is 0 Å². The zero-order valence-corrected chi connectivity index (χ0v) is 11.5. The molecule has 0 fully saturated rings. The molecule has 16 heavy (non-hydrogen) atoms. The quantitative estimate of drug-likeness (QED) is 0.679. The van der Waals surface area contributed by atoms with Crippen LogP contribution in [-0.4, -0.2) is 22.3 Å². The van der Waals surface area contributed by atoms with Gasteiger partial charge in [-0.2, -0.15) is 0 Å². The van der Waals surface area contributed by atoms with E-state index in [2.05, 4.69) is 31.2 Å². The monoisotopic (exact) mass is 238 g/mol. The molecule has 1 unspecified atom stereocenters. The minimum atomic E-state index is -2.01. The summed E-state index contributed by atoms with van der Waals surface area (Å²) in [5.41, 5.74) is 1.32. The lowest BCUT2D eigenvalue weighted by molar-refractivity contribution is 0.207. The smallest absolute Gasteiger partial charge is 0.342 e. The Bertz CT molecular complexity index is 281. The molecule has 0 aliphatic carbocycles. The average Bonchev–Trinajstić information content (AvgIpc) is 2.31. The molecule has 0 aromatic heterocycles. The fourth-order valence-corrected chi connectivity index (χ4v) is 5.03. The van der Waals surface area contributed by atoms with Gasteiger partial charge in [-0.05, 0) is 18.5 Å².